The van der Waals surface area contributed by atoms with Gasteiger partial charge < -0.3 is 0 Å². The first-order valence-electron chi connectivity index (χ1n) is 4.16. The van der Waals surface area contributed by atoms with Gasteiger partial charge in [-0.05, 0) is 41.9 Å². The summed E-state index contributed by atoms with van der Waals surface area (Å²) < 4.78 is 0. The minimum Gasteiger partial charge on any atom is -0.224 e. The van der Waals surface area contributed by atoms with Crippen LogP contribution < -0.4 is 0 Å². The van der Waals surface area contributed by atoms with Gasteiger partial charge in [-0.1, -0.05) is 18.2 Å². The van der Waals surface area contributed by atoms with Crippen LogP contribution in [0, 0.1) is 11.8 Å². The van der Waals surface area contributed by atoms with Crippen LogP contribution in [0.1, 0.15) is 6.42 Å². The summed E-state index contributed by atoms with van der Waals surface area (Å²) in [6, 6.07) is 0. The summed E-state index contributed by atoms with van der Waals surface area (Å²) in [7, 11) is -0.458. The number of hydrogen-bond donors (Lipinski definition) is 0. The van der Waals surface area contributed by atoms with Crippen LogP contribution in [-0.2, 0) is 0 Å². The molecule has 0 aromatic carbocycles. The van der Waals surface area contributed by atoms with E-state index in [9.17, 15) is 0 Å². The third kappa shape index (κ3) is 1.39. The van der Waals surface area contributed by atoms with Crippen LogP contribution >= 0.6 is 10.0 Å². The van der Waals surface area contributed by atoms with Gasteiger partial charge in [0, 0.05) is 0 Å². The molecule has 0 N–H and O–H groups in total. The minimum absolute atomic E-state index is 0.458. The molecule has 0 radical (unpaired) electrons. The fourth-order valence-corrected chi connectivity index (χ4v) is 2.61. The average Bonchev–Trinajstić information content (AvgIpc) is 2.60. The van der Waals surface area contributed by atoms with Gasteiger partial charge in [-0.25, -0.2) is 10.0 Å². The zero-order chi connectivity index (χ0) is 8.06. The zero-order valence-electron chi connectivity index (χ0n) is 7.50. The lowest BCUT2D eigenvalue weighted by Crippen LogP contribution is -1.97. The van der Waals surface area contributed by atoms with Crippen LogP contribution in [0.5, 0.6) is 0 Å². The molecule has 0 aromatic rings. The summed E-state index contributed by atoms with van der Waals surface area (Å²) in [5.41, 5.74) is 0. The van der Waals surface area contributed by atoms with Gasteiger partial charge in [-0.2, -0.15) is 0 Å². The van der Waals surface area contributed by atoms with E-state index in [-0.39, 0.29) is 0 Å². The highest BCUT2D eigenvalue weighted by atomic mass is 32.3. The molecular weight excluding hydrogens is 152 g/mol. The summed E-state index contributed by atoms with van der Waals surface area (Å²) in [6.07, 6.45) is 15.8. The first-order valence-corrected chi connectivity index (χ1v) is 7.01. The quantitative estimate of drug-likeness (QED) is 0.565. The Bertz CT molecular complexity index is 230. The van der Waals surface area contributed by atoms with Gasteiger partial charge in [0.15, 0.2) is 0 Å². The molecule has 2 unspecified atom stereocenters. The monoisotopic (exact) mass is 168 g/mol. The van der Waals surface area contributed by atoms with Crippen molar-refractivity contribution >= 4 is 10.0 Å². The van der Waals surface area contributed by atoms with Gasteiger partial charge in [0.05, 0.1) is 0 Å². The topological polar surface area (TPSA) is 0 Å². The average molecular weight is 168 g/mol. The van der Waals surface area contributed by atoms with Crippen LogP contribution in [0.25, 0.3) is 0 Å². The van der Waals surface area contributed by atoms with Crippen LogP contribution in [0.4, 0.5) is 0 Å². The number of fused-ring (bicyclic) bond motifs is 1. The number of hydrogen-bond acceptors (Lipinski definition) is 0. The molecule has 0 aliphatic heterocycles. The molecule has 62 valence electrons. The van der Waals surface area contributed by atoms with E-state index in [1.807, 2.05) is 0 Å². The molecular formula is C10H16S. The highest BCUT2D eigenvalue weighted by Gasteiger charge is 2.35. The molecule has 1 saturated carbocycles. The second-order valence-corrected chi connectivity index (χ2v) is 8.47. The Hall–Kier alpha value is -0.170. The summed E-state index contributed by atoms with van der Waals surface area (Å²) in [6.45, 7) is 0. The van der Waals surface area contributed by atoms with Crippen molar-refractivity contribution in [2.75, 3.05) is 18.8 Å². The standard InChI is InChI=1S/C10H16S/c1-11(2,3)10-5-4-8-6-9(8)7-10/h4-5,7-9H,6H2,1-3H3. The molecule has 11 heavy (non-hydrogen) atoms. The van der Waals surface area contributed by atoms with Gasteiger partial charge in [0.1, 0.15) is 0 Å². The Kier molecular flexibility index (Phi) is 1.47. The highest BCUT2D eigenvalue weighted by Crippen LogP contribution is 2.53. The summed E-state index contributed by atoms with van der Waals surface area (Å²) in [5, 5.41) is 0. The van der Waals surface area contributed by atoms with Gasteiger partial charge in [0.25, 0.3) is 0 Å². The van der Waals surface area contributed by atoms with E-state index >= 15 is 0 Å². The molecule has 2 aliphatic carbocycles. The fraction of sp³-hybridized carbons (Fsp3) is 0.600. The van der Waals surface area contributed by atoms with Crippen molar-refractivity contribution in [3.05, 3.63) is 23.1 Å². The maximum absolute atomic E-state index is 2.50. The van der Waals surface area contributed by atoms with E-state index in [1.165, 1.54) is 6.42 Å². The lowest BCUT2D eigenvalue weighted by molar-refractivity contribution is 0.977. The third-order valence-corrected chi connectivity index (χ3v) is 4.17. The smallest absolute Gasteiger partial charge is 0.0146 e. The Morgan fingerprint density at radius 1 is 1.27 bits per heavy atom. The minimum atomic E-state index is -0.458. The van der Waals surface area contributed by atoms with Crippen molar-refractivity contribution in [3.8, 4) is 0 Å². The van der Waals surface area contributed by atoms with Crippen LogP contribution in [0.15, 0.2) is 23.1 Å². The molecule has 0 amide bonds. The van der Waals surface area contributed by atoms with Crippen molar-refractivity contribution in [3.63, 3.8) is 0 Å². The first kappa shape index (κ1) is 7.48. The SMILES string of the molecule is CS(C)(C)C1=CC2CC2C=C1. The van der Waals surface area contributed by atoms with Crippen molar-refractivity contribution in [2.45, 2.75) is 6.42 Å². The van der Waals surface area contributed by atoms with E-state index in [0.717, 1.165) is 11.8 Å². The first-order chi connectivity index (χ1) is 5.07. The normalized spacial score (nSPS) is 36.1. The van der Waals surface area contributed by atoms with Crippen LogP contribution in [-0.4, -0.2) is 18.8 Å². The van der Waals surface area contributed by atoms with E-state index in [2.05, 4.69) is 37.0 Å². The summed E-state index contributed by atoms with van der Waals surface area (Å²) in [5.74, 6) is 1.84. The molecule has 1 heteroatoms. The van der Waals surface area contributed by atoms with Gasteiger partial charge in [-0.15, -0.1) is 0 Å². The molecule has 2 rings (SSSR count). The zero-order valence-corrected chi connectivity index (χ0v) is 8.32. The molecule has 1 fully saturated rings. The van der Waals surface area contributed by atoms with Gasteiger partial charge in [0.2, 0.25) is 0 Å². The molecule has 0 spiro atoms. The molecule has 0 bridgehead atoms. The molecule has 2 aliphatic rings. The second-order valence-electron chi connectivity index (χ2n) is 4.33. The van der Waals surface area contributed by atoms with E-state index in [1.54, 1.807) is 4.91 Å². The van der Waals surface area contributed by atoms with E-state index < -0.39 is 10.0 Å². The number of allylic oxidation sites excluding steroid dienone is 3. The Labute approximate surface area is 70.7 Å². The van der Waals surface area contributed by atoms with Crippen LogP contribution in [0.2, 0.25) is 0 Å². The molecule has 0 heterocycles. The maximum atomic E-state index is 2.50. The van der Waals surface area contributed by atoms with E-state index in [0.29, 0.717) is 0 Å². The van der Waals surface area contributed by atoms with Crippen LogP contribution in [0.3, 0.4) is 0 Å². The Morgan fingerprint density at radius 2 is 2.00 bits per heavy atom. The third-order valence-electron chi connectivity index (χ3n) is 2.48. The lowest BCUT2D eigenvalue weighted by Gasteiger charge is -2.28. The molecule has 0 nitrogen and oxygen atoms in total. The van der Waals surface area contributed by atoms with Crippen molar-refractivity contribution in [1.29, 1.82) is 0 Å². The van der Waals surface area contributed by atoms with E-state index in [4.69, 9.17) is 0 Å². The predicted octanol–water partition coefficient (Wildman–Crippen LogP) is 2.77. The van der Waals surface area contributed by atoms with Gasteiger partial charge in [-0.3, -0.25) is 0 Å². The highest BCUT2D eigenvalue weighted by molar-refractivity contribution is 8.35. The molecule has 0 aromatic heterocycles. The van der Waals surface area contributed by atoms with Gasteiger partial charge >= 0.3 is 0 Å². The Balaban J connectivity index is 2.21. The number of rotatable bonds is 1. The fourth-order valence-electron chi connectivity index (χ4n) is 1.54. The molecule has 0 saturated heterocycles. The maximum Gasteiger partial charge on any atom is -0.0146 e. The second kappa shape index (κ2) is 2.16. The summed E-state index contributed by atoms with van der Waals surface area (Å²) in [4.78, 5) is 1.61. The van der Waals surface area contributed by atoms with Crippen molar-refractivity contribution < 1.29 is 0 Å². The molecule has 2 atom stereocenters. The lowest BCUT2D eigenvalue weighted by atomic mass is 10.2. The van der Waals surface area contributed by atoms with Crippen molar-refractivity contribution in [1.82, 2.24) is 0 Å². The Morgan fingerprint density at radius 3 is 2.55 bits per heavy atom. The largest absolute Gasteiger partial charge is 0.224 e. The predicted molar refractivity (Wildman–Crippen MR) is 54.2 cm³/mol. The summed E-state index contributed by atoms with van der Waals surface area (Å²) >= 11 is 0. The van der Waals surface area contributed by atoms with Crippen molar-refractivity contribution in [2.24, 2.45) is 11.8 Å².